The molecule has 2 nitrogen and oxygen atoms in total. The number of hydrogen-bond donors (Lipinski definition) is 1. The predicted molar refractivity (Wildman–Crippen MR) is 78.7 cm³/mol. The first-order valence-electron chi connectivity index (χ1n) is 6.82. The van der Waals surface area contributed by atoms with Crippen molar-refractivity contribution in [1.29, 1.82) is 0 Å². The average Bonchev–Trinajstić information content (AvgIpc) is 2.71. The number of nitrogens with one attached hydrogen (secondary N) is 1. The number of rotatable bonds is 1. The van der Waals surface area contributed by atoms with Gasteiger partial charge < -0.3 is 4.98 Å². The number of benzene rings is 1. The summed E-state index contributed by atoms with van der Waals surface area (Å²) in [5.41, 5.74) is 1.89. The van der Waals surface area contributed by atoms with Gasteiger partial charge in [-0.3, -0.25) is 0 Å². The van der Waals surface area contributed by atoms with E-state index in [-0.39, 0.29) is 11.2 Å². The Balaban J connectivity index is 2.05. The molecule has 1 aromatic carbocycles. The SMILES string of the molecule is CC1(C)CCCCC1c1nc2cc(Br)c(F)cc2[nH]1. The molecule has 4 heteroatoms. The van der Waals surface area contributed by atoms with Gasteiger partial charge in [-0.2, -0.15) is 0 Å². The molecule has 0 amide bonds. The van der Waals surface area contributed by atoms with Gasteiger partial charge in [-0.05, 0) is 40.3 Å². The van der Waals surface area contributed by atoms with Crippen LogP contribution in [0.15, 0.2) is 16.6 Å². The van der Waals surface area contributed by atoms with E-state index in [1.54, 1.807) is 6.07 Å². The highest BCUT2D eigenvalue weighted by atomic mass is 79.9. The molecule has 0 saturated heterocycles. The zero-order chi connectivity index (χ0) is 13.6. The van der Waals surface area contributed by atoms with Crippen LogP contribution >= 0.6 is 15.9 Å². The van der Waals surface area contributed by atoms with Gasteiger partial charge in [0.1, 0.15) is 11.6 Å². The van der Waals surface area contributed by atoms with Crippen LogP contribution in [-0.2, 0) is 0 Å². The minimum absolute atomic E-state index is 0.245. The molecule has 2 aromatic rings. The van der Waals surface area contributed by atoms with E-state index in [1.165, 1.54) is 25.3 Å². The summed E-state index contributed by atoms with van der Waals surface area (Å²) >= 11 is 3.22. The quantitative estimate of drug-likeness (QED) is 0.772. The Morgan fingerprint density at radius 1 is 1.37 bits per heavy atom. The summed E-state index contributed by atoms with van der Waals surface area (Å²) < 4.78 is 14.0. The molecule has 0 radical (unpaired) electrons. The molecule has 102 valence electrons. The van der Waals surface area contributed by atoms with Gasteiger partial charge in [-0.1, -0.05) is 26.7 Å². The summed E-state index contributed by atoms with van der Waals surface area (Å²) in [5, 5.41) is 0. The van der Waals surface area contributed by atoms with Crippen molar-refractivity contribution < 1.29 is 4.39 Å². The number of fused-ring (bicyclic) bond motifs is 1. The third-order valence-corrected chi connectivity index (χ3v) is 4.99. The second-order valence-electron chi connectivity index (χ2n) is 6.19. The second kappa shape index (κ2) is 4.58. The number of H-pyrrole nitrogens is 1. The number of halogens is 2. The first-order valence-corrected chi connectivity index (χ1v) is 7.61. The maximum absolute atomic E-state index is 13.6. The van der Waals surface area contributed by atoms with Crippen LogP contribution in [0.25, 0.3) is 11.0 Å². The monoisotopic (exact) mass is 324 g/mol. The second-order valence-corrected chi connectivity index (χ2v) is 7.05. The number of aromatic amines is 1. The molecule has 0 aliphatic heterocycles. The van der Waals surface area contributed by atoms with Crippen LogP contribution in [0.5, 0.6) is 0 Å². The first-order chi connectivity index (χ1) is 8.97. The Morgan fingerprint density at radius 3 is 2.89 bits per heavy atom. The molecule has 0 spiro atoms. The topological polar surface area (TPSA) is 28.7 Å². The Bertz CT molecular complexity index is 579. The van der Waals surface area contributed by atoms with Crippen molar-refractivity contribution in [2.75, 3.05) is 0 Å². The van der Waals surface area contributed by atoms with E-state index in [0.29, 0.717) is 10.4 Å². The van der Waals surface area contributed by atoms with Gasteiger partial charge in [0.25, 0.3) is 0 Å². The molecular weight excluding hydrogens is 307 g/mol. The lowest BCUT2D eigenvalue weighted by molar-refractivity contribution is 0.193. The van der Waals surface area contributed by atoms with Gasteiger partial charge in [-0.25, -0.2) is 9.37 Å². The highest BCUT2D eigenvalue weighted by Crippen LogP contribution is 2.46. The number of imidazole rings is 1. The average molecular weight is 325 g/mol. The summed E-state index contributed by atoms with van der Waals surface area (Å²) in [6, 6.07) is 3.27. The Morgan fingerprint density at radius 2 is 2.16 bits per heavy atom. The summed E-state index contributed by atoms with van der Waals surface area (Å²) in [5.74, 6) is 1.21. The third kappa shape index (κ3) is 2.31. The molecule has 1 aliphatic carbocycles. The van der Waals surface area contributed by atoms with Gasteiger partial charge in [-0.15, -0.1) is 0 Å². The van der Waals surface area contributed by atoms with Gasteiger partial charge in [0.05, 0.1) is 15.5 Å². The molecule has 0 bridgehead atoms. The molecule has 1 fully saturated rings. The molecule has 1 saturated carbocycles. The van der Waals surface area contributed by atoms with E-state index < -0.39 is 0 Å². The lowest BCUT2D eigenvalue weighted by atomic mass is 9.68. The molecule has 1 aliphatic rings. The maximum atomic E-state index is 13.6. The molecule has 1 heterocycles. The Hall–Kier alpha value is -0.900. The van der Waals surface area contributed by atoms with Crippen LogP contribution in [0.2, 0.25) is 0 Å². The Kier molecular flexibility index (Phi) is 3.16. The number of aromatic nitrogens is 2. The van der Waals surface area contributed by atoms with Crippen molar-refractivity contribution in [3.63, 3.8) is 0 Å². The molecule has 1 unspecified atom stereocenters. The van der Waals surface area contributed by atoms with Gasteiger partial charge in [0, 0.05) is 12.0 Å². The van der Waals surface area contributed by atoms with Crippen molar-refractivity contribution in [3.8, 4) is 0 Å². The fourth-order valence-corrected chi connectivity index (χ4v) is 3.52. The summed E-state index contributed by atoms with van der Waals surface area (Å²) in [7, 11) is 0. The highest BCUT2D eigenvalue weighted by molar-refractivity contribution is 9.10. The van der Waals surface area contributed by atoms with Crippen LogP contribution in [0.3, 0.4) is 0 Å². The van der Waals surface area contributed by atoms with Gasteiger partial charge in [0.2, 0.25) is 0 Å². The van der Waals surface area contributed by atoms with Crippen LogP contribution in [0.4, 0.5) is 4.39 Å². The lowest BCUT2D eigenvalue weighted by Gasteiger charge is -2.37. The van der Waals surface area contributed by atoms with E-state index in [1.807, 2.05) is 0 Å². The summed E-state index contributed by atoms with van der Waals surface area (Å²) in [6.07, 6.45) is 4.94. The van der Waals surface area contributed by atoms with E-state index in [9.17, 15) is 4.39 Å². The fourth-order valence-electron chi connectivity index (χ4n) is 3.19. The van der Waals surface area contributed by atoms with E-state index >= 15 is 0 Å². The standard InChI is InChI=1S/C15H18BrFN2/c1-15(2)6-4-3-5-9(15)14-18-12-7-10(16)11(17)8-13(12)19-14/h7-9H,3-6H2,1-2H3,(H,18,19). The predicted octanol–water partition coefficient (Wildman–Crippen LogP) is 5.15. The molecule has 19 heavy (non-hydrogen) atoms. The van der Waals surface area contributed by atoms with Crippen LogP contribution in [0.1, 0.15) is 51.3 Å². The molecule has 1 aromatic heterocycles. The normalized spacial score (nSPS) is 22.8. The summed E-state index contributed by atoms with van der Waals surface area (Å²) in [4.78, 5) is 8.00. The molecule has 1 atom stereocenters. The minimum atomic E-state index is -0.245. The maximum Gasteiger partial charge on any atom is 0.139 e. The van der Waals surface area contributed by atoms with Crippen LogP contribution in [-0.4, -0.2) is 9.97 Å². The van der Waals surface area contributed by atoms with E-state index in [4.69, 9.17) is 0 Å². The third-order valence-electron chi connectivity index (χ3n) is 4.38. The van der Waals surface area contributed by atoms with Crippen molar-refractivity contribution in [1.82, 2.24) is 9.97 Å². The minimum Gasteiger partial charge on any atom is -0.342 e. The summed E-state index contributed by atoms with van der Waals surface area (Å²) in [6.45, 7) is 4.61. The molecule has 3 rings (SSSR count). The zero-order valence-corrected chi connectivity index (χ0v) is 12.8. The molecular formula is C15H18BrFN2. The van der Waals surface area contributed by atoms with Gasteiger partial charge >= 0.3 is 0 Å². The number of nitrogens with zero attached hydrogens (tertiary/aromatic N) is 1. The van der Waals surface area contributed by atoms with Gasteiger partial charge in [0.15, 0.2) is 0 Å². The number of hydrogen-bond acceptors (Lipinski definition) is 1. The van der Waals surface area contributed by atoms with Crippen molar-refractivity contribution in [2.45, 2.75) is 45.4 Å². The van der Waals surface area contributed by atoms with Crippen molar-refractivity contribution in [2.24, 2.45) is 5.41 Å². The fraction of sp³-hybridized carbons (Fsp3) is 0.533. The lowest BCUT2D eigenvalue weighted by Crippen LogP contribution is -2.26. The largest absolute Gasteiger partial charge is 0.342 e. The van der Waals surface area contributed by atoms with Crippen molar-refractivity contribution >= 4 is 27.0 Å². The van der Waals surface area contributed by atoms with Crippen LogP contribution < -0.4 is 0 Å². The van der Waals surface area contributed by atoms with E-state index in [2.05, 4.69) is 39.7 Å². The van der Waals surface area contributed by atoms with Crippen molar-refractivity contribution in [3.05, 3.63) is 28.2 Å². The highest BCUT2D eigenvalue weighted by Gasteiger charge is 2.35. The Labute approximate surface area is 120 Å². The zero-order valence-electron chi connectivity index (χ0n) is 11.3. The smallest absolute Gasteiger partial charge is 0.139 e. The first kappa shape index (κ1) is 13.1. The van der Waals surface area contributed by atoms with E-state index in [0.717, 1.165) is 23.3 Å². The van der Waals surface area contributed by atoms with Crippen LogP contribution in [0, 0.1) is 11.2 Å². The molecule has 1 N–H and O–H groups in total.